The summed E-state index contributed by atoms with van der Waals surface area (Å²) in [6.07, 6.45) is -2.95. The molecule has 1 aliphatic rings. The maximum atomic E-state index is 9.91. The van der Waals surface area contributed by atoms with Crippen molar-refractivity contribution in [1.82, 2.24) is 0 Å². The van der Waals surface area contributed by atoms with Gasteiger partial charge in [0.2, 0.25) is 0 Å². The van der Waals surface area contributed by atoms with Gasteiger partial charge in [-0.3, -0.25) is 5.41 Å². The number of hydrogen-bond acceptors (Lipinski definition) is 6. The second kappa shape index (κ2) is 6.15. The maximum absolute atomic E-state index is 9.91. The Morgan fingerprint density at radius 1 is 1.21 bits per heavy atom. The van der Waals surface area contributed by atoms with Crippen molar-refractivity contribution in [2.24, 2.45) is 5.73 Å². The number of aliphatic hydroxyl groups excluding tert-OH is 3. The average Bonchev–Trinajstić information content (AvgIpc) is 2.40. The van der Waals surface area contributed by atoms with Gasteiger partial charge in [-0.2, -0.15) is 0 Å². The van der Waals surface area contributed by atoms with Crippen LogP contribution in [0.3, 0.4) is 0 Å². The minimum absolute atomic E-state index is 0.0159. The number of nitrogen functional groups attached to an aromatic ring is 1. The van der Waals surface area contributed by atoms with Crippen LogP contribution in [0.2, 0.25) is 0 Å². The molecule has 0 unspecified atom stereocenters. The van der Waals surface area contributed by atoms with Gasteiger partial charge in [-0.1, -0.05) is 12.1 Å². The molecule has 1 aromatic carbocycles. The average molecular weight is 300 g/mol. The smallest absolute Gasteiger partial charge is 0.122 e. The van der Waals surface area contributed by atoms with E-state index in [4.69, 9.17) is 11.1 Å². The Hall–Kier alpha value is -0.730. The summed E-state index contributed by atoms with van der Waals surface area (Å²) in [5.74, 6) is 0.420. The second-order valence-electron chi connectivity index (χ2n) is 4.31. The van der Waals surface area contributed by atoms with E-state index in [1.165, 1.54) is 23.5 Å². The normalized spacial score (nSPS) is 31.1. The monoisotopic (exact) mass is 300 g/mol. The first-order valence-corrected chi connectivity index (χ1v) is 7.69. The summed E-state index contributed by atoms with van der Waals surface area (Å²) in [6, 6.07) is 7.14. The summed E-state index contributed by atoms with van der Waals surface area (Å²) in [4.78, 5) is 0.921. The van der Waals surface area contributed by atoms with Crippen LogP contribution in [0.1, 0.15) is 5.56 Å². The molecule has 19 heavy (non-hydrogen) atoms. The van der Waals surface area contributed by atoms with Crippen LogP contribution in [0, 0.1) is 5.41 Å². The predicted octanol–water partition coefficient (Wildman–Crippen LogP) is 0.218. The lowest BCUT2D eigenvalue weighted by Crippen LogP contribution is -2.47. The number of nitrogens with two attached hydrogens (primary N) is 1. The lowest BCUT2D eigenvalue weighted by Gasteiger charge is -2.34. The highest BCUT2D eigenvalue weighted by molar-refractivity contribution is 8.17. The number of nitrogens with one attached hydrogen (secondary N) is 1. The Morgan fingerprint density at radius 3 is 2.42 bits per heavy atom. The molecule has 5 nitrogen and oxygen atoms in total. The first kappa shape index (κ1) is 14.7. The molecule has 0 aliphatic carbocycles. The van der Waals surface area contributed by atoms with Gasteiger partial charge in [-0.25, -0.2) is 0 Å². The van der Waals surface area contributed by atoms with E-state index >= 15 is 0 Å². The molecule has 1 heterocycles. The molecule has 1 saturated heterocycles. The van der Waals surface area contributed by atoms with Gasteiger partial charge in [0, 0.05) is 16.2 Å². The summed E-state index contributed by atoms with van der Waals surface area (Å²) >= 11 is 2.85. The molecule has 1 aliphatic heterocycles. The SMILES string of the molecule is N=C(N)c1ccc(S[C@@H]2SC[C@@H](O)[C@@H](O)[C@@H]2O)cc1. The van der Waals surface area contributed by atoms with Crippen molar-refractivity contribution < 1.29 is 15.3 Å². The minimum Gasteiger partial charge on any atom is -0.389 e. The molecule has 7 heteroatoms. The zero-order chi connectivity index (χ0) is 14.0. The Balaban J connectivity index is 2.03. The minimum atomic E-state index is -1.10. The summed E-state index contributed by atoms with van der Waals surface area (Å²) < 4.78 is -0.221. The largest absolute Gasteiger partial charge is 0.389 e. The molecule has 0 spiro atoms. The number of amidine groups is 1. The fourth-order valence-corrected chi connectivity index (χ4v) is 4.38. The van der Waals surface area contributed by atoms with Crippen molar-refractivity contribution in [3.8, 4) is 0 Å². The third-order valence-corrected chi connectivity index (χ3v) is 5.77. The quantitative estimate of drug-likeness (QED) is 0.403. The van der Waals surface area contributed by atoms with Gasteiger partial charge in [0.05, 0.1) is 10.7 Å². The first-order valence-electron chi connectivity index (χ1n) is 5.76. The maximum Gasteiger partial charge on any atom is 0.122 e. The molecular formula is C12H16N2O3S2. The van der Waals surface area contributed by atoms with E-state index in [-0.39, 0.29) is 10.4 Å². The van der Waals surface area contributed by atoms with Crippen molar-refractivity contribution >= 4 is 29.4 Å². The van der Waals surface area contributed by atoms with Crippen LogP contribution in [0.25, 0.3) is 0 Å². The zero-order valence-electron chi connectivity index (χ0n) is 10.1. The number of aliphatic hydroxyl groups is 3. The molecular weight excluding hydrogens is 284 g/mol. The lowest BCUT2D eigenvalue weighted by molar-refractivity contribution is -0.0474. The van der Waals surface area contributed by atoms with Crippen LogP contribution in [0.4, 0.5) is 0 Å². The fourth-order valence-electron chi connectivity index (χ4n) is 1.73. The summed E-state index contributed by atoms with van der Waals surface area (Å²) in [7, 11) is 0. The number of rotatable bonds is 3. The first-order chi connectivity index (χ1) is 8.99. The molecule has 0 aromatic heterocycles. The third kappa shape index (κ3) is 3.43. The van der Waals surface area contributed by atoms with Crippen LogP contribution in [-0.2, 0) is 0 Å². The van der Waals surface area contributed by atoms with Crippen LogP contribution >= 0.6 is 23.5 Å². The van der Waals surface area contributed by atoms with E-state index in [0.29, 0.717) is 11.3 Å². The highest BCUT2D eigenvalue weighted by atomic mass is 32.2. The third-order valence-electron chi connectivity index (χ3n) is 2.87. The number of benzene rings is 1. The van der Waals surface area contributed by atoms with Crippen molar-refractivity contribution in [1.29, 1.82) is 5.41 Å². The Labute approximate surface area is 119 Å². The van der Waals surface area contributed by atoms with Gasteiger partial charge in [-0.15, -0.1) is 23.5 Å². The van der Waals surface area contributed by atoms with E-state index in [1.807, 2.05) is 12.1 Å². The van der Waals surface area contributed by atoms with E-state index in [0.717, 1.165) is 4.90 Å². The van der Waals surface area contributed by atoms with Gasteiger partial charge < -0.3 is 21.1 Å². The van der Waals surface area contributed by atoms with Crippen LogP contribution in [0.5, 0.6) is 0 Å². The standard InChI is InChI=1S/C12H16N2O3S2/c13-11(14)6-1-3-7(4-2-6)19-12-10(17)9(16)8(15)5-18-12/h1-4,8-10,12,15-17H,5H2,(H3,13,14)/t8-,9-,10+,12+/m1/s1. The van der Waals surface area contributed by atoms with E-state index in [1.54, 1.807) is 12.1 Å². The topological polar surface area (TPSA) is 111 Å². The number of thioether (sulfide) groups is 2. The van der Waals surface area contributed by atoms with Crippen LogP contribution in [0.15, 0.2) is 29.2 Å². The summed E-state index contributed by atoms with van der Waals surface area (Å²) in [6.45, 7) is 0. The molecule has 0 saturated carbocycles. The Morgan fingerprint density at radius 2 is 1.84 bits per heavy atom. The number of hydrogen-bond donors (Lipinski definition) is 5. The van der Waals surface area contributed by atoms with Gasteiger partial charge in [-0.05, 0) is 12.1 Å². The van der Waals surface area contributed by atoms with E-state index < -0.39 is 18.3 Å². The molecule has 1 aromatic rings. The van der Waals surface area contributed by atoms with Crippen LogP contribution < -0.4 is 5.73 Å². The molecule has 0 bridgehead atoms. The highest BCUT2D eigenvalue weighted by Gasteiger charge is 2.37. The van der Waals surface area contributed by atoms with E-state index in [2.05, 4.69) is 0 Å². The summed E-state index contributed by atoms with van der Waals surface area (Å²) in [5.41, 5.74) is 6.02. The predicted molar refractivity (Wildman–Crippen MR) is 77.6 cm³/mol. The fraction of sp³-hybridized carbons (Fsp3) is 0.417. The molecule has 2 rings (SSSR count). The molecule has 0 radical (unpaired) electrons. The van der Waals surface area contributed by atoms with Crippen molar-refractivity contribution in [3.63, 3.8) is 0 Å². The van der Waals surface area contributed by atoms with Gasteiger partial charge in [0.15, 0.2) is 0 Å². The Kier molecular flexibility index (Phi) is 4.75. The lowest BCUT2D eigenvalue weighted by atomic mass is 10.1. The molecule has 6 N–H and O–H groups in total. The van der Waals surface area contributed by atoms with Gasteiger partial charge in [0.1, 0.15) is 18.0 Å². The highest BCUT2D eigenvalue weighted by Crippen LogP contribution is 2.38. The Bertz CT molecular complexity index is 455. The molecule has 104 valence electrons. The molecule has 4 atom stereocenters. The zero-order valence-corrected chi connectivity index (χ0v) is 11.7. The van der Waals surface area contributed by atoms with Crippen LogP contribution in [-0.4, -0.2) is 49.8 Å². The molecule has 0 amide bonds. The summed E-state index contributed by atoms with van der Waals surface area (Å²) in [5, 5.41) is 36.3. The van der Waals surface area contributed by atoms with Crippen molar-refractivity contribution in [2.45, 2.75) is 27.8 Å². The van der Waals surface area contributed by atoms with Gasteiger partial charge >= 0.3 is 0 Å². The second-order valence-corrected chi connectivity index (χ2v) is 6.99. The van der Waals surface area contributed by atoms with E-state index in [9.17, 15) is 15.3 Å². The van der Waals surface area contributed by atoms with Crippen molar-refractivity contribution in [2.75, 3.05) is 5.75 Å². The van der Waals surface area contributed by atoms with Gasteiger partial charge in [0.25, 0.3) is 0 Å². The van der Waals surface area contributed by atoms with Crippen molar-refractivity contribution in [3.05, 3.63) is 29.8 Å². The molecule has 1 fully saturated rings.